The molecule has 0 unspecified atom stereocenters. The molecule has 3 fully saturated rings. The van der Waals surface area contributed by atoms with Crippen molar-refractivity contribution in [3.63, 3.8) is 0 Å². The molecule has 1 heterocycles. The maximum absolute atomic E-state index is 13.0. The number of nitrogens with one attached hydrogen (secondary N) is 3. The van der Waals surface area contributed by atoms with Gasteiger partial charge in [-0.1, -0.05) is 18.0 Å². The molecule has 37 heavy (non-hydrogen) atoms. The van der Waals surface area contributed by atoms with Crippen LogP contribution in [0.1, 0.15) is 46.4 Å². The lowest BCUT2D eigenvalue weighted by atomic mass is 9.92. The summed E-state index contributed by atoms with van der Waals surface area (Å²) < 4.78 is 0. The van der Waals surface area contributed by atoms with Crippen LogP contribution in [0.4, 0.5) is 10.5 Å². The zero-order chi connectivity index (χ0) is 26.1. The lowest BCUT2D eigenvalue weighted by Crippen LogP contribution is -2.62. The van der Waals surface area contributed by atoms with Crippen molar-refractivity contribution >= 4 is 53.2 Å². The molecule has 2 aliphatic carbocycles. The molecular formula is C26H24ClN5O5. The summed E-state index contributed by atoms with van der Waals surface area (Å²) in [5, 5.41) is 9.28. The van der Waals surface area contributed by atoms with E-state index in [2.05, 4.69) is 21.2 Å². The first kappa shape index (κ1) is 24.6. The second-order valence-electron chi connectivity index (χ2n) is 9.48. The lowest BCUT2D eigenvalue weighted by molar-refractivity contribution is -0.141. The van der Waals surface area contributed by atoms with Crippen molar-refractivity contribution in [1.82, 2.24) is 15.6 Å². The molecule has 3 N–H and O–H groups in total. The topological polar surface area (TPSA) is 137 Å². The Hall–Kier alpha value is -4.05. The number of hydrazone groups is 1. The number of rotatable bonds is 6. The van der Waals surface area contributed by atoms with Crippen LogP contribution in [-0.2, 0) is 9.59 Å². The number of carbonyl (C=O) groups excluding carboxylic acids is 5. The highest BCUT2D eigenvalue weighted by atomic mass is 35.5. The predicted molar refractivity (Wildman–Crippen MR) is 135 cm³/mol. The normalized spacial score (nSPS) is 24.9. The summed E-state index contributed by atoms with van der Waals surface area (Å²) in [5.41, 5.74) is 3.46. The van der Waals surface area contributed by atoms with E-state index in [0.29, 0.717) is 22.2 Å². The first-order valence-electron chi connectivity index (χ1n) is 12.0. The minimum atomic E-state index is -1.30. The van der Waals surface area contributed by atoms with E-state index in [9.17, 15) is 24.0 Å². The number of amides is 6. The molecular weight excluding hydrogens is 498 g/mol. The lowest BCUT2D eigenvalue weighted by Gasteiger charge is -2.36. The van der Waals surface area contributed by atoms with Crippen molar-refractivity contribution in [1.29, 1.82) is 0 Å². The predicted octanol–water partition coefficient (Wildman–Crippen LogP) is 3.19. The second-order valence-corrected chi connectivity index (χ2v) is 9.92. The van der Waals surface area contributed by atoms with Gasteiger partial charge in [-0.15, -0.1) is 0 Å². The number of barbiturate groups is 1. The Morgan fingerprint density at radius 1 is 0.946 bits per heavy atom. The average molecular weight is 522 g/mol. The van der Waals surface area contributed by atoms with Gasteiger partial charge in [-0.3, -0.25) is 29.4 Å². The Balaban J connectivity index is 1.18. The molecule has 4 atom stereocenters. The first-order valence-corrected chi connectivity index (χ1v) is 12.4. The van der Waals surface area contributed by atoms with E-state index in [1.54, 1.807) is 36.4 Å². The van der Waals surface area contributed by atoms with Gasteiger partial charge in [-0.05, 0) is 79.6 Å². The summed E-state index contributed by atoms with van der Waals surface area (Å²) in [6, 6.07) is 11.6. The van der Waals surface area contributed by atoms with Gasteiger partial charge in [0.15, 0.2) is 5.92 Å². The van der Waals surface area contributed by atoms with Gasteiger partial charge in [-0.25, -0.2) is 10.2 Å². The summed E-state index contributed by atoms with van der Waals surface area (Å²) in [5.74, 6) is -2.81. The van der Waals surface area contributed by atoms with Gasteiger partial charge >= 0.3 is 6.03 Å². The van der Waals surface area contributed by atoms with Crippen LogP contribution in [0.5, 0.6) is 0 Å². The molecule has 2 bridgehead atoms. The number of halogens is 1. The van der Waals surface area contributed by atoms with Gasteiger partial charge in [-0.2, -0.15) is 5.10 Å². The van der Waals surface area contributed by atoms with Crippen molar-refractivity contribution in [3.8, 4) is 0 Å². The standard InChI is InChI=1S/C26H24ClN5O5/c27-18-7-3-15(4-8-18)22(33)29-19-9-5-16(6-10-19)23(34)31-28-13-20-24(35)30-26(37)32(25(20)36)21-12-14-1-2-17(21)11-14/h3-10,13-14,17,20-21H,1-2,11-12H2,(H,29,33)(H,31,34)(H,30,35,37)/b28-13-/t14-,17-,20+,21+/m0/s1. The Morgan fingerprint density at radius 2 is 1.62 bits per heavy atom. The van der Waals surface area contributed by atoms with Crippen LogP contribution in [0.3, 0.4) is 0 Å². The van der Waals surface area contributed by atoms with Crippen molar-refractivity contribution in [2.24, 2.45) is 22.9 Å². The molecule has 2 aromatic carbocycles. The molecule has 1 saturated heterocycles. The van der Waals surface area contributed by atoms with Gasteiger partial charge in [0.1, 0.15) is 0 Å². The van der Waals surface area contributed by atoms with Crippen LogP contribution in [0.2, 0.25) is 5.02 Å². The van der Waals surface area contributed by atoms with Gasteiger partial charge in [0.2, 0.25) is 11.8 Å². The van der Waals surface area contributed by atoms with E-state index in [1.807, 2.05) is 0 Å². The van der Waals surface area contributed by atoms with Crippen molar-refractivity contribution < 1.29 is 24.0 Å². The molecule has 0 radical (unpaired) electrons. The Kier molecular flexibility index (Phi) is 6.75. The van der Waals surface area contributed by atoms with E-state index in [-0.39, 0.29) is 23.4 Å². The summed E-state index contributed by atoms with van der Waals surface area (Å²) in [7, 11) is 0. The van der Waals surface area contributed by atoms with Crippen LogP contribution in [0.15, 0.2) is 53.6 Å². The Morgan fingerprint density at radius 3 is 2.27 bits per heavy atom. The molecule has 0 aromatic heterocycles. The highest BCUT2D eigenvalue weighted by Gasteiger charge is 2.50. The van der Waals surface area contributed by atoms with Crippen LogP contribution in [0, 0.1) is 17.8 Å². The fourth-order valence-electron chi connectivity index (χ4n) is 5.32. The van der Waals surface area contributed by atoms with Crippen LogP contribution in [-0.4, -0.2) is 46.8 Å². The van der Waals surface area contributed by atoms with E-state index in [0.717, 1.165) is 31.9 Å². The van der Waals surface area contributed by atoms with Gasteiger partial charge < -0.3 is 5.32 Å². The second kappa shape index (κ2) is 10.1. The SMILES string of the molecule is O=C(N/N=C\[C@@H]1C(=O)NC(=O)N([C@@H]2C[C@H]3CC[C@H]2C3)C1=O)c1ccc(NC(=O)c2ccc(Cl)cc2)cc1. The minimum absolute atomic E-state index is 0.205. The first-order chi connectivity index (χ1) is 17.8. The number of urea groups is 1. The molecule has 1 aliphatic heterocycles. The summed E-state index contributed by atoms with van der Waals surface area (Å²) in [6.07, 6.45) is 4.88. The van der Waals surface area contributed by atoms with E-state index >= 15 is 0 Å². The molecule has 3 aliphatic rings. The molecule has 11 heteroatoms. The van der Waals surface area contributed by atoms with E-state index in [4.69, 9.17) is 11.6 Å². The van der Waals surface area contributed by atoms with Crippen LogP contribution < -0.4 is 16.1 Å². The zero-order valence-electron chi connectivity index (χ0n) is 19.6. The van der Waals surface area contributed by atoms with Gasteiger partial charge in [0.05, 0.1) is 0 Å². The number of benzene rings is 2. The van der Waals surface area contributed by atoms with Crippen molar-refractivity contribution in [2.75, 3.05) is 5.32 Å². The molecule has 2 saturated carbocycles. The maximum Gasteiger partial charge on any atom is 0.331 e. The molecule has 10 nitrogen and oxygen atoms in total. The highest BCUT2D eigenvalue weighted by molar-refractivity contribution is 6.30. The van der Waals surface area contributed by atoms with Crippen LogP contribution in [0.25, 0.3) is 0 Å². The van der Waals surface area contributed by atoms with E-state index < -0.39 is 29.7 Å². The Bertz CT molecular complexity index is 1290. The maximum atomic E-state index is 13.0. The fraction of sp³-hybridized carbons (Fsp3) is 0.308. The number of hydrogen-bond acceptors (Lipinski definition) is 6. The third kappa shape index (κ3) is 5.10. The minimum Gasteiger partial charge on any atom is -0.322 e. The van der Waals surface area contributed by atoms with Crippen LogP contribution >= 0.6 is 11.6 Å². The summed E-state index contributed by atoms with van der Waals surface area (Å²) in [6.45, 7) is 0. The highest BCUT2D eigenvalue weighted by Crippen LogP contribution is 2.47. The number of carbonyl (C=O) groups is 5. The zero-order valence-corrected chi connectivity index (χ0v) is 20.4. The van der Waals surface area contributed by atoms with E-state index in [1.165, 1.54) is 17.0 Å². The van der Waals surface area contributed by atoms with Crippen molar-refractivity contribution in [3.05, 3.63) is 64.7 Å². The third-order valence-electron chi connectivity index (χ3n) is 7.17. The summed E-state index contributed by atoms with van der Waals surface area (Å²) in [4.78, 5) is 63.7. The third-order valence-corrected chi connectivity index (χ3v) is 7.42. The molecule has 2 aromatic rings. The smallest absolute Gasteiger partial charge is 0.322 e. The Labute approximate surface area is 217 Å². The largest absolute Gasteiger partial charge is 0.331 e. The van der Waals surface area contributed by atoms with Gasteiger partial charge in [0, 0.05) is 34.1 Å². The number of imide groups is 2. The number of anilines is 1. The fourth-order valence-corrected chi connectivity index (χ4v) is 5.45. The quantitative estimate of drug-likeness (QED) is 0.304. The summed E-state index contributed by atoms with van der Waals surface area (Å²) >= 11 is 5.84. The molecule has 0 spiro atoms. The number of fused-ring (bicyclic) bond motifs is 2. The van der Waals surface area contributed by atoms with Crippen molar-refractivity contribution in [2.45, 2.75) is 31.7 Å². The molecule has 5 rings (SSSR count). The number of hydrogen-bond donors (Lipinski definition) is 3. The molecule has 6 amide bonds. The van der Waals surface area contributed by atoms with Gasteiger partial charge in [0.25, 0.3) is 11.8 Å². The molecule has 190 valence electrons. The number of nitrogens with zero attached hydrogens (tertiary/aromatic N) is 2. The monoisotopic (exact) mass is 521 g/mol. The average Bonchev–Trinajstić information content (AvgIpc) is 3.50.